The molecule has 156 valence electrons. The Morgan fingerprint density at radius 2 is 1.96 bits per heavy atom. The Kier molecular flexibility index (Phi) is 11.2. The average Bonchev–Trinajstić information content (AvgIpc) is 2.51. The molecule has 0 radical (unpaired) electrons. The molecule has 0 aromatic heterocycles. The Balaban J connectivity index is 0.00000676. The second kappa shape index (κ2) is 11.7. The van der Waals surface area contributed by atoms with Crippen LogP contribution in [0.15, 0.2) is 29.3 Å². The molecule has 0 aliphatic carbocycles. The molecule has 1 atom stereocenters. The summed E-state index contributed by atoms with van der Waals surface area (Å²) in [6, 6.07) is 5.95. The van der Waals surface area contributed by atoms with E-state index in [1.165, 1.54) is 12.1 Å². The molecule has 0 heterocycles. The van der Waals surface area contributed by atoms with E-state index in [2.05, 4.69) is 15.6 Å². The molecule has 1 rings (SSSR count). The first kappa shape index (κ1) is 25.9. The lowest BCUT2D eigenvalue weighted by atomic mass is 10.3. The number of aliphatic imine (C=N–C) groups is 1. The van der Waals surface area contributed by atoms with Crippen LogP contribution in [0.25, 0.3) is 0 Å². The molecular formula is C18H31FIN3O3S. The predicted molar refractivity (Wildman–Crippen MR) is 119 cm³/mol. The van der Waals surface area contributed by atoms with Crippen molar-refractivity contribution in [2.75, 3.05) is 25.4 Å². The van der Waals surface area contributed by atoms with Crippen LogP contribution in [0.3, 0.4) is 0 Å². The number of hydrogen-bond donors (Lipinski definition) is 2. The number of ether oxygens (including phenoxy) is 1. The molecule has 0 aliphatic rings. The fourth-order valence-electron chi connectivity index (χ4n) is 1.98. The van der Waals surface area contributed by atoms with E-state index in [1.54, 1.807) is 32.9 Å². The standard InChI is InChI=1S/C18H30FN3O3S.HI/c1-6-20-17(21-10-11-26(23,24)18(3,4)5)22-13-14(2)25-16-9-7-8-15(19)12-16;/h7-9,12,14H,6,10-11,13H2,1-5H3,(H2,20,21,22);1H. The molecule has 0 aliphatic heterocycles. The fraction of sp³-hybridized carbons (Fsp3) is 0.611. The summed E-state index contributed by atoms with van der Waals surface area (Å²) in [4.78, 5) is 4.39. The monoisotopic (exact) mass is 515 g/mol. The van der Waals surface area contributed by atoms with Crippen LogP contribution in [0, 0.1) is 5.82 Å². The first-order valence-corrected chi connectivity index (χ1v) is 10.4. The van der Waals surface area contributed by atoms with Gasteiger partial charge in [-0.3, -0.25) is 0 Å². The Morgan fingerprint density at radius 3 is 2.52 bits per heavy atom. The largest absolute Gasteiger partial charge is 0.489 e. The molecule has 0 spiro atoms. The van der Waals surface area contributed by atoms with Gasteiger partial charge in [-0.05, 0) is 46.8 Å². The van der Waals surface area contributed by atoms with Crippen molar-refractivity contribution in [2.24, 2.45) is 4.99 Å². The van der Waals surface area contributed by atoms with E-state index in [4.69, 9.17) is 4.74 Å². The number of benzene rings is 1. The van der Waals surface area contributed by atoms with Crippen molar-refractivity contribution in [1.29, 1.82) is 0 Å². The summed E-state index contributed by atoms with van der Waals surface area (Å²) in [7, 11) is -3.19. The van der Waals surface area contributed by atoms with E-state index < -0.39 is 14.6 Å². The maximum Gasteiger partial charge on any atom is 0.191 e. The summed E-state index contributed by atoms with van der Waals surface area (Å²) in [5, 5.41) is 6.09. The van der Waals surface area contributed by atoms with Gasteiger partial charge >= 0.3 is 0 Å². The summed E-state index contributed by atoms with van der Waals surface area (Å²) in [5.74, 6) is 0.637. The summed E-state index contributed by atoms with van der Waals surface area (Å²) in [6.45, 7) is 10.1. The SMILES string of the molecule is CCNC(=NCC(C)Oc1cccc(F)c1)NCCS(=O)(=O)C(C)(C)C.I. The topological polar surface area (TPSA) is 79.8 Å². The predicted octanol–water partition coefficient (Wildman–Crippen LogP) is 2.98. The second-order valence-electron chi connectivity index (χ2n) is 6.96. The quantitative estimate of drug-likeness (QED) is 0.316. The van der Waals surface area contributed by atoms with Crippen LogP contribution in [0.5, 0.6) is 5.75 Å². The van der Waals surface area contributed by atoms with Gasteiger partial charge in [0.15, 0.2) is 15.8 Å². The van der Waals surface area contributed by atoms with Crippen molar-refractivity contribution in [1.82, 2.24) is 10.6 Å². The zero-order valence-corrected chi connectivity index (χ0v) is 19.7. The van der Waals surface area contributed by atoms with E-state index in [0.717, 1.165) is 0 Å². The summed E-state index contributed by atoms with van der Waals surface area (Å²) >= 11 is 0. The van der Waals surface area contributed by atoms with Crippen LogP contribution in [-0.2, 0) is 9.84 Å². The van der Waals surface area contributed by atoms with Crippen molar-refractivity contribution in [3.63, 3.8) is 0 Å². The van der Waals surface area contributed by atoms with E-state index in [0.29, 0.717) is 24.8 Å². The van der Waals surface area contributed by atoms with Crippen LogP contribution < -0.4 is 15.4 Å². The smallest absolute Gasteiger partial charge is 0.191 e. The average molecular weight is 515 g/mol. The van der Waals surface area contributed by atoms with Crippen molar-refractivity contribution >= 4 is 39.8 Å². The Morgan fingerprint density at radius 1 is 1.30 bits per heavy atom. The first-order valence-electron chi connectivity index (χ1n) is 8.72. The van der Waals surface area contributed by atoms with Gasteiger partial charge in [-0.2, -0.15) is 0 Å². The van der Waals surface area contributed by atoms with E-state index in [9.17, 15) is 12.8 Å². The lowest BCUT2D eigenvalue weighted by Crippen LogP contribution is -2.42. The van der Waals surface area contributed by atoms with Crippen LogP contribution in [0.2, 0.25) is 0 Å². The lowest BCUT2D eigenvalue weighted by molar-refractivity contribution is 0.229. The third-order valence-electron chi connectivity index (χ3n) is 3.58. The molecule has 1 aromatic rings. The number of nitrogens with zero attached hydrogens (tertiary/aromatic N) is 1. The molecule has 0 saturated heterocycles. The van der Waals surface area contributed by atoms with E-state index in [1.807, 2.05) is 13.8 Å². The summed E-state index contributed by atoms with van der Waals surface area (Å²) in [5.41, 5.74) is 0. The molecule has 6 nitrogen and oxygen atoms in total. The van der Waals surface area contributed by atoms with Gasteiger partial charge in [0.1, 0.15) is 17.7 Å². The van der Waals surface area contributed by atoms with Crippen LogP contribution in [-0.4, -0.2) is 50.6 Å². The van der Waals surface area contributed by atoms with E-state index in [-0.39, 0.29) is 48.2 Å². The maximum atomic E-state index is 13.2. The molecule has 27 heavy (non-hydrogen) atoms. The molecule has 1 aromatic carbocycles. The number of guanidine groups is 1. The molecule has 9 heteroatoms. The Bertz CT molecular complexity index is 706. The first-order chi connectivity index (χ1) is 12.0. The molecule has 1 unspecified atom stereocenters. The minimum Gasteiger partial charge on any atom is -0.489 e. The number of halogens is 2. The zero-order valence-electron chi connectivity index (χ0n) is 16.6. The number of sulfone groups is 1. The van der Waals surface area contributed by atoms with Crippen LogP contribution in [0.4, 0.5) is 4.39 Å². The van der Waals surface area contributed by atoms with Crippen molar-refractivity contribution in [2.45, 2.75) is 45.5 Å². The second-order valence-corrected chi connectivity index (χ2v) is 9.83. The van der Waals surface area contributed by atoms with Gasteiger partial charge in [-0.1, -0.05) is 6.07 Å². The minimum atomic E-state index is -3.19. The van der Waals surface area contributed by atoms with Gasteiger partial charge in [0.2, 0.25) is 0 Å². The van der Waals surface area contributed by atoms with Gasteiger partial charge in [0, 0.05) is 19.2 Å². The third kappa shape index (κ3) is 9.59. The number of rotatable bonds is 8. The normalized spacial score (nSPS) is 13.5. The highest BCUT2D eigenvalue weighted by Gasteiger charge is 2.28. The number of hydrogen-bond acceptors (Lipinski definition) is 4. The van der Waals surface area contributed by atoms with Crippen molar-refractivity contribution < 1.29 is 17.5 Å². The van der Waals surface area contributed by atoms with E-state index >= 15 is 0 Å². The van der Waals surface area contributed by atoms with Crippen molar-refractivity contribution in [3.05, 3.63) is 30.1 Å². The Hall–Kier alpha value is -1.10. The maximum absolute atomic E-state index is 13.2. The molecule has 0 bridgehead atoms. The van der Waals surface area contributed by atoms with Crippen LogP contribution in [0.1, 0.15) is 34.6 Å². The molecule has 0 saturated carbocycles. The summed E-state index contributed by atoms with van der Waals surface area (Å²) in [6.07, 6.45) is -0.259. The minimum absolute atomic E-state index is 0. The number of nitrogens with one attached hydrogen (secondary N) is 2. The third-order valence-corrected chi connectivity index (χ3v) is 6.19. The lowest BCUT2D eigenvalue weighted by Gasteiger charge is -2.20. The molecule has 0 amide bonds. The fourth-order valence-corrected chi connectivity index (χ4v) is 2.96. The van der Waals surface area contributed by atoms with Gasteiger partial charge in [0.25, 0.3) is 0 Å². The highest BCUT2D eigenvalue weighted by atomic mass is 127. The highest BCUT2D eigenvalue weighted by molar-refractivity contribution is 14.0. The molecular weight excluding hydrogens is 484 g/mol. The Labute approximate surface area is 179 Å². The van der Waals surface area contributed by atoms with Crippen molar-refractivity contribution in [3.8, 4) is 5.75 Å². The molecule has 2 N–H and O–H groups in total. The molecule has 0 fully saturated rings. The van der Waals surface area contributed by atoms with Gasteiger partial charge in [-0.15, -0.1) is 24.0 Å². The van der Waals surface area contributed by atoms with Gasteiger partial charge in [-0.25, -0.2) is 17.8 Å². The van der Waals surface area contributed by atoms with Crippen LogP contribution >= 0.6 is 24.0 Å². The van der Waals surface area contributed by atoms with Gasteiger partial charge in [0.05, 0.1) is 17.0 Å². The van der Waals surface area contributed by atoms with Gasteiger partial charge < -0.3 is 15.4 Å². The summed E-state index contributed by atoms with van der Waals surface area (Å²) < 4.78 is 42.3. The highest BCUT2D eigenvalue weighted by Crippen LogP contribution is 2.15. The zero-order chi connectivity index (χ0) is 19.8.